The van der Waals surface area contributed by atoms with Crippen molar-refractivity contribution in [3.8, 4) is 0 Å². The molecule has 15 heavy (non-hydrogen) atoms. The molecule has 0 aromatic rings. The lowest BCUT2D eigenvalue weighted by Crippen LogP contribution is -2.45. The lowest BCUT2D eigenvalue weighted by atomic mass is 10.2. The molecule has 4 heteroatoms. The van der Waals surface area contributed by atoms with Gasteiger partial charge in [-0.1, -0.05) is 43.4 Å². The van der Waals surface area contributed by atoms with E-state index in [4.69, 9.17) is 4.43 Å². The third kappa shape index (κ3) is 4.97. The van der Waals surface area contributed by atoms with Crippen LogP contribution in [-0.4, -0.2) is 25.6 Å². The summed E-state index contributed by atoms with van der Waals surface area (Å²) in [6, 6.07) is 0. The highest BCUT2D eigenvalue weighted by Gasteiger charge is 2.39. The first-order valence-corrected chi connectivity index (χ1v) is 9.40. The Morgan fingerprint density at radius 2 is 1.80 bits per heavy atom. The van der Waals surface area contributed by atoms with Crippen molar-refractivity contribution in [3.63, 3.8) is 0 Å². The van der Waals surface area contributed by atoms with Gasteiger partial charge in [0.1, 0.15) is 0 Å². The molecule has 0 amide bonds. The Kier molecular flexibility index (Phi) is 6.03. The van der Waals surface area contributed by atoms with E-state index < -0.39 is 14.4 Å². The predicted octanol–water partition coefficient (Wildman–Crippen LogP) is 3.71. The van der Waals surface area contributed by atoms with E-state index in [1.54, 1.807) is 6.08 Å². The third-order valence-corrected chi connectivity index (χ3v) is 8.03. The van der Waals surface area contributed by atoms with Gasteiger partial charge in [-0.3, -0.25) is 0 Å². The molecule has 0 saturated carbocycles. The smallest absolute Gasteiger partial charge is 0.192 e. The van der Waals surface area contributed by atoms with E-state index in [-0.39, 0.29) is 11.1 Å². The van der Waals surface area contributed by atoms with E-state index in [1.165, 1.54) is 0 Å². The number of halogens is 1. The summed E-state index contributed by atoms with van der Waals surface area (Å²) in [7, 11) is -1.76. The van der Waals surface area contributed by atoms with Crippen LogP contribution in [0, 0.1) is 0 Å². The van der Waals surface area contributed by atoms with Gasteiger partial charge in [0, 0.05) is 0 Å². The summed E-state index contributed by atoms with van der Waals surface area (Å²) in [5.74, 6) is 0. The van der Waals surface area contributed by atoms with Crippen molar-refractivity contribution in [2.45, 2.75) is 58.0 Å². The molecule has 0 fully saturated rings. The van der Waals surface area contributed by atoms with Gasteiger partial charge in [-0.15, -0.1) is 0 Å². The monoisotopic (exact) mass is 342 g/mol. The quantitative estimate of drug-likeness (QED) is 0.623. The third-order valence-electron chi connectivity index (χ3n) is 3.04. The Hall–Kier alpha value is 0.607. The summed E-state index contributed by atoms with van der Waals surface area (Å²) in [6.45, 7) is 12.9. The second kappa shape index (κ2) is 5.79. The molecule has 0 unspecified atom stereocenters. The van der Waals surface area contributed by atoms with Crippen molar-refractivity contribution in [3.05, 3.63) is 10.2 Å². The average molecular weight is 342 g/mol. The fourth-order valence-electron chi connectivity index (χ4n) is 0.942. The molecule has 0 bridgehead atoms. The Bertz CT molecular complexity index is 221. The van der Waals surface area contributed by atoms with Crippen molar-refractivity contribution < 1.29 is 9.53 Å². The van der Waals surface area contributed by atoms with E-state index in [9.17, 15) is 5.11 Å². The number of aliphatic hydroxyl groups is 1. The van der Waals surface area contributed by atoms with Crippen LogP contribution in [0.25, 0.3) is 0 Å². The Labute approximate surface area is 108 Å². The van der Waals surface area contributed by atoms with Gasteiger partial charge in [0.15, 0.2) is 8.32 Å². The second-order valence-electron chi connectivity index (χ2n) is 5.39. The van der Waals surface area contributed by atoms with Crippen LogP contribution in [0.1, 0.15) is 27.7 Å². The van der Waals surface area contributed by atoms with Crippen molar-refractivity contribution in [2.24, 2.45) is 0 Å². The van der Waals surface area contributed by atoms with Crippen LogP contribution in [0.3, 0.4) is 0 Å². The molecular formula is C11H23IO2Si. The van der Waals surface area contributed by atoms with Gasteiger partial charge in [0.2, 0.25) is 0 Å². The maximum atomic E-state index is 9.75. The van der Waals surface area contributed by atoms with Gasteiger partial charge < -0.3 is 9.53 Å². The first-order chi connectivity index (χ1) is 6.62. The standard InChI is InChI=1S/C11H23IO2Si/c1-9(10(13)7-8-12)14-15(5,6)11(2,3)4/h7-10,13H,1-6H3/b8-7+/t9-,10+/m0/s1. The summed E-state index contributed by atoms with van der Waals surface area (Å²) in [5, 5.41) is 9.94. The maximum absolute atomic E-state index is 9.75. The van der Waals surface area contributed by atoms with Gasteiger partial charge in [0.25, 0.3) is 0 Å². The topological polar surface area (TPSA) is 29.5 Å². The second-order valence-corrected chi connectivity index (χ2v) is 10.9. The van der Waals surface area contributed by atoms with Gasteiger partial charge >= 0.3 is 0 Å². The highest BCUT2D eigenvalue weighted by molar-refractivity contribution is 14.1. The molecule has 0 heterocycles. The number of hydrogen-bond donors (Lipinski definition) is 1. The van der Waals surface area contributed by atoms with E-state index >= 15 is 0 Å². The Morgan fingerprint density at radius 1 is 1.33 bits per heavy atom. The van der Waals surface area contributed by atoms with Crippen LogP contribution in [0.15, 0.2) is 10.2 Å². The molecule has 0 aromatic carbocycles. The molecule has 2 atom stereocenters. The normalized spacial score (nSPS) is 18.1. The van der Waals surface area contributed by atoms with Crippen molar-refractivity contribution in [1.82, 2.24) is 0 Å². The predicted molar refractivity (Wildman–Crippen MR) is 76.9 cm³/mol. The summed E-state index contributed by atoms with van der Waals surface area (Å²) in [6.07, 6.45) is 1.13. The molecule has 0 rings (SSSR count). The van der Waals surface area contributed by atoms with Crippen molar-refractivity contribution in [1.29, 1.82) is 0 Å². The van der Waals surface area contributed by atoms with E-state index in [0.717, 1.165) is 0 Å². The SMILES string of the molecule is C[C@H](O[Si](C)(C)C(C)(C)C)[C@H](O)/C=C/I. The molecule has 90 valence electrons. The first kappa shape index (κ1) is 15.6. The average Bonchev–Trinajstić information content (AvgIpc) is 2.01. The zero-order chi connectivity index (χ0) is 12.3. The fraction of sp³-hybridized carbons (Fsp3) is 0.818. The summed E-state index contributed by atoms with van der Waals surface area (Å²) in [5.41, 5.74) is 0. The highest BCUT2D eigenvalue weighted by atomic mass is 127. The van der Waals surface area contributed by atoms with Gasteiger partial charge in [-0.05, 0) is 35.2 Å². The highest BCUT2D eigenvalue weighted by Crippen LogP contribution is 2.37. The minimum Gasteiger partial charge on any atom is -0.411 e. The van der Waals surface area contributed by atoms with Crippen LogP contribution in [0.2, 0.25) is 18.1 Å². The minimum absolute atomic E-state index is 0.128. The molecule has 0 aliphatic carbocycles. The van der Waals surface area contributed by atoms with Crippen molar-refractivity contribution >= 4 is 30.9 Å². The molecule has 0 saturated heterocycles. The maximum Gasteiger partial charge on any atom is 0.192 e. The summed E-state index contributed by atoms with van der Waals surface area (Å²) in [4.78, 5) is 0. The van der Waals surface area contributed by atoms with E-state index in [1.807, 2.05) is 11.0 Å². The molecule has 0 aliphatic rings. The van der Waals surface area contributed by atoms with Gasteiger partial charge in [-0.2, -0.15) is 0 Å². The molecule has 0 radical (unpaired) electrons. The largest absolute Gasteiger partial charge is 0.411 e. The van der Waals surface area contributed by atoms with Crippen LogP contribution in [0.5, 0.6) is 0 Å². The fourth-order valence-corrected chi connectivity index (χ4v) is 2.79. The minimum atomic E-state index is -1.76. The number of hydrogen-bond acceptors (Lipinski definition) is 2. The van der Waals surface area contributed by atoms with E-state index in [2.05, 4.69) is 56.5 Å². The Morgan fingerprint density at radius 3 is 2.13 bits per heavy atom. The zero-order valence-electron chi connectivity index (χ0n) is 10.5. The molecule has 1 N–H and O–H groups in total. The first-order valence-electron chi connectivity index (χ1n) is 5.24. The summed E-state index contributed by atoms with van der Waals surface area (Å²) >= 11 is 2.10. The molecule has 2 nitrogen and oxygen atoms in total. The zero-order valence-corrected chi connectivity index (χ0v) is 13.7. The lowest BCUT2D eigenvalue weighted by molar-refractivity contribution is 0.0695. The van der Waals surface area contributed by atoms with Gasteiger partial charge in [-0.25, -0.2) is 0 Å². The van der Waals surface area contributed by atoms with Gasteiger partial charge in [0.05, 0.1) is 12.2 Å². The van der Waals surface area contributed by atoms with Crippen LogP contribution < -0.4 is 0 Å². The van der Waals surface area contributed by atoms with Crippen LogP contribution in [-0.2, 0) is 4.43 Å². The van der Waals surface area contributed by atoms with E-state index in [0.29, 0.717) is 0 Å². The number of aliphatic hydroxyl groups excluding tert-OH is 1. The lowest BCUT2D eigenvalue weighted by Gasteiger charge is -2.39. The number of rotatable bonds is 4. The van der Waals surface area contributed by atoms with Crippen LogP contribution in [0.4, 0.5) is 0 Å². The molecule has 0 spiro atoms. The molecule has 0 aliphatic heterocycles. The van der Waals surface area contributed by atoms with Crippen molar-refractivity contribution in [2.75, 3.05) is 0 Å². The van der Waals surface area contributed by atoms with Crippen LogP contribution >= 0.6 is 22.6 Å². The summed E-state index contributed by atoms with van der Waals surface area (Å²) < 4.78 is 7.88. The Balaban J connectivity index is 4.46. The molecular weight excluding hydrogens is 319 g/mol. The molecule has 0 aromatic heterocycles.